The Bertz CT molecular complexity index is 718. The smallest absolute Gasteiger partial charge is 0.278 e. The summed E-state index contributed by atoms with van der Waals surface area (Å²) in [6.07, 6.45) is 4.48. The molecule has 108 valence electrons. The highest BCUT2D eigenvalue weighted by Gasteiger charge is 2.38. The van der Waals surface area contributed by atoms with E-state index in [1.165, 1.54) is 6.42 Å². The molecule has 0 spiro atoms. The van der Waals surface area contributed by atoms with Gasteiger partial charge in [0.2, 0.25) is 0 Å². The molecule has 1 aromatic carbocycles. The Morgan fingerprint density at radius 1 is 1.29 bits per heavy atom. The molecule has 2 aliphatic rings. The van der Waals surface area contributed by atoms with Gasteiger partial charge in [-0.15, -0.1) is 0 Å². The third-order valence-corrected chi connectivity index (χ3v) is 4.72. The molecule has 0 radical (unpaired) electrons. The van der Waals surface area contributed by atoms with Crippen molar-refractivity contribution in [3.8, 4) is 0 Å². The van der Waals surface area contributed by atoms with Gasteiger partial charge in [-0.25, -0.2) is 0 Å². The molecule has 2 aliphatic heterocycles. The lowest BCUT2D eigenvalue weighted by Gasteiger charge is -2.27. The number of nitrogens with one attached hydrogen (secondary N) is 1. The first-order valence-corrected chi connectivity index (χ1v) is 7.24. The average Bonchev–Trinajstić information content (AvgIpc) is 3.09. The van der Waals surface area contributed by atoms with Crippen LogP contribution in [0.3, 0.4) is 0 Å². The number of rotatable bonds is 2. The Morgan fingerprint density at radius 3 is 3.05 bits per heavy atom. The SMILES string of the molecule is O=[N+]([O-])c1ccc(N2CC[C@H]3CNC[C@H]32)c2ccncc12. The minimum atomic E-state index is -0.336. The summed E-state index contributed by atoms with van der Waals surface area (Å²) in [5, 5.41) is 16.2. The van der Waals surface area contributed by atoms with E-state index < -0.39 is 0 Å². The van der Waals surface area contributed by atoms with Crippen LogP contribution in [0.1, 0.15) is 6.42 Å². The first-order valence-electron chi connectivity index (χ1n) is 7.24. The highest BCUT2D eigenvalue weighted by molar-refractivity contribution is 5.99. The summed E-state index contributed by atoms with van der Waals surface area (Å²) in [5.41, 5.74) is 1.22. The number of aromatic nitrogens is 1. The van der Waals surface area contributed by atoms with Crippen molar-refractivity contribution in [3.63, 3.8) is 0 Å². The lowest BCUT2D eigenvalue weighted by molar-refractivity contribution is -0.383. The normalized spacial score (nSPS) is 24.5. The number of non-ortho nitro benzene ring substituents is 1. The van der Waals surface area contributed by atoms with E-state index in [4.69, 9.17) is 0 Å². The number of nitrogens with zero attached hydrogens (tertiary/aromatic N) is 3. The monoisotopic (exact) mass is 284 g/mol. The number of anilines is 1. The van der Waals surface area contributed by atoms with E-state index >= 15 is 0 Å². The van der Waals surface area contributed by atoms with Crippen LogP contribution in [0.4, 0.5) is 11.4 Å². The van der Waals surface area contributed by atoms with E-state index in [0.717, 1.165) is 30.7 Å². The van der Waals surface area contributed by atoms with Gasteiger partial charge < -0.3 is 10.2 Å². The van der Waals surface area contributed by atoms with Crippen LogP contribution < -0.4 is 10.2 Å². The number of hydrogen-bond acceptors (Lipinski definition) is 5. The van der Waals surface area contributed by atoms with Gasteiger partial charge in [0.1, 0.15) is 0 Å². The predicted molar refractivity (Wildman–Crippen MR) is 80.5 cm³/mol. The maximum absolute atomic E-state index is 11.2. The molecule has 1 N–H and O–H groups in total. The lowest BCUT2D eigenvalue weighted by atomic mass is 10.0. The molecule has 2 fully saturated rings. The zero-order valence-corrected chi connectivity index (χ0v) is 11.5. The van der Waals surface area contributed by atoms with Crippen LogP contribution in [0.5, 0.6) is 0 Å². The second-order valence-corrected chi connectivity index (χ2v) is 5.75. The lowest BCUT2D eigenvalue weighted by Crippen LogP contribution is -2.34. The number of fused-ring (bicyclic) bond motifs is 2. The standard InChI is InChI=1S/C15H16N4O2/c20-19(21)14-2-1-13(11-3-5-16-8-12(11)14)18-6-4-10-7-17-9-15(10)18/h1-3,5,8,10,15,17H,4,6-7,9H2/t10-,15+/m0/s1. The zero-order valence-electron chi connectivity index (χ0n) is 11.5. The van der Waals surface area contributed by atoms with Crippen LogP contribution in [0.15, 0.2) is 30.6 Å². The minimum absolute atomic E-state index is 0.127. The van der Waals surface area contributed by atoms with Crippen molar-refractivity contribution in [3.05, 3.63) is 40.7 Å². The first kappa shape index (κ1) is 12.5. The van der Waals surface area contributed by atoms with Gasteiger partial charge in [0.05, 0.1) is 10.3 Å². The summed E-state index contributed by atoms with van der Waals surface area (Å²) in [6.45, 7) is 3.09. The third-order valence-electron chi connectivity index (χ3n) is 4.72. The molecule has 6 heteroatoms. The number of nitro groups is 1. The van der Waals surface area contributed by atoms with E-state index in [2.05, 4.69) is 15.2 Å². The van der Waals surface area contributed by atoms with Crippen molar-refractivity contribution in [1.82, 2.24) is 10.3 Å². The van der Waals surface area contributed by atoms with Crippen LogP contribution in [-0.2, 0) is 0 Å². The molecule has 0 bridgehead atoms. The van der Waals surface area contributed by atoms with Crippen LogP contribution >= 0.6 is 0 Å². The minimum Gasteiger partial charge on any atom is -0.366 e. The number of pyridine rings is 1. The van der Waals surface area contributed by atoms with Gasteiger partial charge in [-0.3, -0.25) is 15.1 Å². The zero-order chi connectivity index (χ0) is 14.4. The van der Waals surface area contributed by atoms with Gasteiger partial charge in [0, 0.05) is 55.2 Å². The van der Waals surface area contributed by atoms with Crippen molar-refractivity contribution in [1.29, 1.82) is 0 Å². The van der Waals surface area contributed by atoms with Crippen LogP contribution in [0.2, 0.25) is 0 Å². The fourth-order valence-electron chi connectivity index (χ4n) is 3.72. The van der Waals surface area contributed by atoms with E-state index in [9.17, 15) is 10.1 Å². The fraction of sp³-hybridized carbons (Fsp3) is 0.400. The van der Waals surface area contributed by atoms with E-state index in [-0.39, 0.29) is 10.6 Å². The van der Waals surface area contributed by atoms with Crippen molar-refractivity contribution >= 4 is 22.1 Å². The fourth-order valence-corrected chi connectivity index (χ4v) is 3.72. The maximum Gasteiger partial charge on any atom is 0.278 e. The summed E-state index contributed by atoms with van der Waals surface area (Å²) in [7, 11) is 0. The van der Waals surface area contributed by atoms with Gasteiger partial charge in [0.15, 0.2) is 0 Å². The highest BCUT2D eigenvalue weighted by Crippen LogP contribution is 2.38. The van der Waals surface area contributed by atoms with Gasteiger partial charge >= 0.3 is 0 Å². The molecule has 4 rings (SSSR count). The Hall–Kier alpha value is -2.21. The van der Waals surface area contributed by atoms with E-state index in [0.29, 0.717) is 17.3 Å². The number of hydrogen-bond donors (Lipinski definition) is 1. The molecule has 21 heavy (non-hydrogen) atoms. The predicted octanol–water partition coefficient (Wildman–Crippen LogP) is 1.94. The second kappa shape index (κ2) is 4.66. The Labute approximate surface area is 121 Å². The highest BCUT2D eigenvalue weighted by atomic mass is 16.6. The van der Waals surface area contributed by atoms with Gasteiger partial charge in [0.25, 0.3) is 5.69 Å². The van der Waals surface area contributed by atoms with Crippen LogP contribution in [-0.4, -0.2) is 35.6 Å². The molecular formula is C15H16N4O2. The van der Waals surface area contributed by atoms with Crippen molar-refractivity contribution < 1.29 is 4.92 Å². The molecule has 0 unspecified atom stereocenters. The van der Waals surface area contributed by atoms with Gasteiger partial charge in [-0.2, -0.15) is 0 Å². The molecule has 2 saturated heterocycles. The Morgan fingerprint density at radius 2 is 2.19 bits per heavy atom. The summed E-state index contributed by atoms with van der Waals surface area (Å²) in [6, 6.07) is 5.88. The largest absolute Gasteiger partial charge is 0.366 e. The van der Waals surface area contributed by atoms with E-state index in [1.54, 1.807) is 18.5 Å². The van der Waals surface area contributed by atoms with Crippen LogP contribution in [0, 0.1) is 16.0 Å². The number of nitro benzene ring substituents is 1. The number of benzene rings is 1. The Balaban J connectivity index is 1.86. The van der Waals surface area contributed by atoms with Gasteiger partial charge in [-0.05, 0) is 24.5 Å². The summed E-state index contributed by atoms with van der Waals surface area (Å²) >= 11 is 0. The Kier molecular flexibility index (Phi) is 2.78. The molecule has 1 aromatic heterocycles. The topological polar surface area (TPSA) is 71.3 Å². The molecule has 6 nitrogen and oxygen atoms in total. The molecule has 3 heterocycles. The van der Waals surface area contributed by atoms with Gasteiger partial charge in [-0.1, -0.05) is 0 Å². The van der Waals surface area contributed by atoms with Crippen molar-refractivity contribution in [2.75, 3.05) is 24.5 Å². The van der Waals surface area contributed by atoms with Crippen LogP contribution in [0.25, 0.3) is 10.8 Å². The summed E-state index contributed by atoms with van der Waals surface area (Å²) < 4.78 is 0. The maximum atomic E-state index is 11.2. The molecule has 2 aromatic rings. The molecule has 0 aliphatic carbocycles. The summed E-state index contributed by atoms with van der Waals surface area (Å²) in [5.74, 6) is 0.692. The third kappa shape index (κ3) is 1.86. The first-order chi connectivity index (χ1) is 10.3. The average molecular weight is 284 g/mol. The quantitative estimate of drug-likeness (QED) is 0.674. The van der Waals surface area contributed by atoms with E-state index in [1.807, 2.05) is 12.1 Å². The van der Waals surface area contributed by atoms with Crippen molar-refractivity contribution in [2.45, 2.75) is 12.5 Å². The second-order valence-electron chi connectivity index (χ2n) is 5.75. The molecule has 0 amide bonds. The molecule has 2 atom stereocenters. The molecular weight excluding hydrogens is 268 g/mol. The van der Waals surface area contributed by atoms with Crippen molar-refractivity contribution in [2.24, 2.45) is 5.92 Å². The summed E-state index contributed by atoms with van der Waals surface area (Å²) in [4.78, 5) is 17.3. The molecule has 0 saturated carbocycles.